The van der Waals surface area contributed by atoms with E-state index >= 15 is 0 Å². The predicted octanol–water partition coefficient (Wildman–Crippen LogP) is 1.37. The maximum Gasteiger partial charge on any atom is 0.402 e. The second-order valence-electron chi connectivity index (χ2n) is 4.46. The Balaban J connectivity index is 3.11. The molecule has 22 heavy (non-hydrogen) atoms. The molecule has 0 N–H and O–H groups in total. The van der Waals surface area contributed by atoms with Crippen molar-refractivity contribution in [2.45, 2.75) is 26.3 Å². The minimum atomic E-state index is -2.16. The second-order valence-corrected chi connectivity index (χ2v) is 4.46. The van der Waals surface area contributed by atoms with Crippen LogP contribution in [0, 0.1) is 10.1 Å². The third-order valence-electron chi connectivity index (χ3n) is 2.88. The quantitative estimate of drug-likeness (QED) is 0.415. The van der Waals surface area contributed by atoms with Gasteiger partial charge < -0.3 is 19.7 Å². The van der Waals surface area contributed by atoms with Crippen molar-refractivity contribution in [3.05, 3.63) is 46.4 Å². The van der Waals surface area contributed by atoms with Crippen LogP contribution in [-0.2, 0) is 19.1 Å². The normalized spacial score (nSPS) is 13.8. The first-order valence-corrected chi connectivity index (χ1v) is 6.70. The van der Waals surface area contributed by atoms with Crippen LogP contribution in [0.15, 0.2) is 36.3 Å². The summed E-state index contributed by atoms with van der Waals surface area (Å²) in [4.78, 5) is 36.4. The second kappa shape index (κ2) is 7.51. The third kappa shape index (κ3) is 3.79. The topological polar surface area (TPSA) is 99.0 Å². The van der Waals surface area contributed by atoms with Gasteiger partial charge in [0, 0.05) is 17.4 Å². The van der Waals surface area contributed by atoms with Crippen molar-refractivity contribution in [2.75, 3.05) is 13.2 Å². The molecule has 0 fully saturated rings. The Kier molecular flexibility index (Phi) is 6.00. The van der Waals surface area contributed by atoms with Crippen LogP contribution in [-0.4, -0.2) is 40.5 Å². The van der Waals surface area contributed by atoms with E-state index in [0.29, 0.717) is 10.6 Å². The zero-order valence-electron chi connectivity index (χ0n) is 12.6. The maximum atomic E-state index is 12.3. The predicted molar refractivity (Wildman–Crippen MR) is 76.9 cm³/mol. The summed E-state index contributed by atoms with van der Waals surface area (Å²) in [6, 6.07) is 0. The molecule has 0 saturated carbocycles. The Morgan fingerprint density at radius 1 is 1.23 bits per heavy atom. The van der Waals surface area contributed by atoms with Gasteiger partial charge in [0.2, 0.25) is 6.20 Å². The standard InChI is InChI=1S/C14H18N2O6/c1-4-21-12(17)14(3,13(18)22-5-2)16(20)10-11-6-8-15(19)9-7-11/h6-10H,4-5H2,1-3H3. The zero-order chi connectivity index (χ0) is 16.8. The van der Waals surface area contributed by atoms with Gasteiger partial charge in [0.25, 0.3) is 0 Å². The Hall–Kier alpha value is -2.48. The van der Waals surface area contributed by atoms with E-state index in [4.69, 9.17) is 9.47 Å². The van der Waals surface area contributed by atoms with Crippen molar-refractivity contribution < 1.29 is 23.8 Å². The van der Waals surface area contributed by atoms with Crippen LogP contribution in [0.2, 0.25) is 0 Å². The average molecular weight is 310 g/mol. The van der Waals surface area contributed by atoms with Gasteiger partial charge in [-0.05, 0) is 38.4 Å². The Labute approximate surface area is 127 Å². The lowest BCUT2D eigenvalue weighted by molar-refractivity contribution is -0.537. The molecule has 1 aliphatic heterocycles. The first-order valence-electron chi connectivity index (χ1n) is 6.70. The molecule has 0 aliphatic carbocycles. The molecule has 0 bridgehead atoms. The number of rotatable bonds is 6. The fourth-order valence-corrected chi connectivity index (χ4v) is 1.58. The lowest BCUT2D eigenvalue weighted by atomic mass is 10.0. The number of ether oxygens (including phenoxy) is 2. The van der Waals surface area contributed by atoms with Crippen LogP contribution in [0.5, 0.6) is 0 Å². The van der Waals surface area contributed by atoms with E-state index in [1.807, 2.05) is 0 Å². The van der Waals surface area contributed by atoms with Crippen LogP contribution in [0.1, 0.15) is 20.8 Å². The highest BCUT2D eigenvalue weighted by atomic mass is 16.6. The number of esters is 2. The zero-order valence-corrected chi connectivity index (χ0v) is 12.6. The minimum absolute atomic E-state index is 0.0171. The molecule has 0 amide bonds. The van der Waals surface area contributed by atoms with Crippen LogP contribution < -0.4 is 0 Å². The van der Waals surface area contributed by atoms with Gasteiger partial charge >= 0.3 is 17.5 Å². The summed E-state index contributed by atoms with van der Waals surface area (Å²) in [7, 11) is 0. The molecule has 0 atom stereocenters. The summed E-state index contributed by atoms with van der Waals surface area (Å²) in [6.07, 6.45) is 6.13. The molecular weight excluding hydrogens is 292 g/mol. The van der Waals surface area contributed by atoms with Gasteiger partial charge in [-0.2, -0.15) is 0 Å². The summed E-state index contributed by atoms with van der Waals surface area (Å²) in [5.74, 6) is -2.01. The summed E-state index contributed by atoms with van der Waals surface area (Å²) in [5, 5.41) is 11.5. The highest BCUT2D eigenvalue weighted by molar-refractivity contribution is 6.02. The fraction of sp³-hybridized carbons (Fsp3) is 0.429. The van der Waals surface area contributed by atoms with E-state index in [1.165, 1.54) is 24.6 Å². The Morgan fingerprint density at radius 2 is 1.68 bits per heavy atom. The monoisotopic (exact) mass is 310 g/mol. The molecular formula is C14H18N2O6. The molecule has 0 aromatic heterocycles. The lowest BCUT2D eigenvalue weighted by Crippen LogP contribution is -2.53. The largest absolute Gasteiger partial charge is 0.755 e. The van der Waals surface area contributed by atoms with Gasteiger partial charge in [0.05, 0.1) is 18.0 Å². The number of nitrogens with zero attached hydrogens (tertiary/aromatic N) is 2. The fourth-order valence-electron chi connectivity index (χ4n) is 1.58. The van der Waals surface area contributed by atoms with Gasteiger partial charge in [-0.15, -0.1) is 0 Å². The van der Waals surface area contributed by atoms with E-state index in [-0.39, 0.29) is 18.0 Å². The number of carbonyl (C=O) groups excluding carboxylic acids is 2. The van der Waals surface area contributed by atoms with E-state index < -0.39 is 17.5 Å². The van der Waals surface area contributed by atoms with E-state index in [1.54, 1.807) is 13.8 Å². The average Bonchev–Trinajstić information content (AvgIpc) is 2.49. The first-order chi connectivity index (χ1) is 10.4. The number of carbonyl (C=O) groups is 2. The van der Waals surface area contributed by atoms with Crippen LogP contribution in [0.25, 0.3) is 0 Å². The molecule has 8 nitrogen and oxygen atoms in total. The van der Waals surface area contributed by atoms with Gasteiger partial charge in [0.1, 0.15) is 0 Å². The number of hydrogen-bond acceptors (Lipinski definition) is 7. The molecule has 0 spiro atoms. The highest BCUT2D eigenvalue weighted by Crippen LogP contribution is 2.18. The summed E-state index contributed by atoms with van der Waals surface area (Å²) in [6.45, 7) is 4.29. The van der Waals surface area contributed by atoms with Crippen LogP contribution >= 0.6 is 0 Å². The molecule has 1 rings (SSSR count). The third-order valence-corrected chi connectivity index (χ3v) is 2.88. The van der Waals surface area contributed by atoms with E-state index in [9.17, 15) is 19.7 Å². The molecule has 0 saturated heterocycles. The smallest absolute Gasteiger partial charge is 0.402 e. The molecule has 120 valence electrons. The van der Waals surface area contributed by atoms with Crippen LogP contribution in [0.4, 0.5) is 0 Å². The molecule has 1 aliphatic rings. The van der Waals surface area contributed by atoms with Gasteiger partial charge in [0.15, 0.2) is 0 Å². The van der Waals surface area contributed by atoms with Crippen molar-refractivity contribution in [3.63, 3.8) is 0 Å². The molecule has 0 unspecified atom stereocenters. The first kappa shape index (κ1) is 17.6. The molecule has 8 heteroatoms. The molecule has 0 aromatic rings. The summed E-state index contributed by atoms with van der Waals surface area (Å²) >= 11 is 0. The lowest BCUT2D eigenvalue weighted by Gasteiger charge is -2.23. The Morgan fingerprint density at radius 3 is 2.09 bits per heavy atom. The number of nitroso groups, excluding NO2 is 1. The summed E-state index contributed by atoms with van der Waals surface area (Å²) < 4.78 is 9.77. The maximum absolute atomic E-state index is 12.3. The van der Waals surface area contributed by atoms with Crippen molar-refractivity contribution in [2.24, 2.45) is 0 Å². The summed E-state index contributed by atoms with van der Waals surface area (Å²) in [5.41, 5.74) is -1.81. The van der Waals surface area contributed by atoms with Crippen LogP contribution in [0.3, 0.4) is 0 Å². The van der Waals surface area contributed by atoms with Gasteiger partial charge in [-0.1, -0.05) is 0 Å². The van der Waals surface area contributed by atoms with Gasteiger partial charge in [-0.3, -0.25) is 0 Å². The highest BCUT2D eigenvalue weighted by Gasteiger charge is 2.58. The minimum Gasteiger partial charge on any atom is -0.755 e. The number of hydrogen-bond donors (Lipinski definition) is 0. The Bertz CT molecular complexity index is 516. The molecule has 0 radical (unpaired) electrons. The van der Waals surface area contributed by atoms with Gasteiger partial charge in [-0.25, -0.2) is 9.59 Å². The SMILES string of the molecule is CCOC(=O)C(C)(C(=O)OCC)[N+](=O)C=C1C=CN([O-])C=C1. The molecule has 1 heterocycles. The van der Waals surface area contributed by atoms with Crippen molar-refractivity contribution in [1.82, 2.24) is 5.06 Å². The van der Waals surface area contributed by atoms with Crippen molar-refractivity contribution in [1.29, 1.82) is 0 Å². The van der Waals surface area contributed by atoms with Crippen molar-refractivity contribution >= 4 is 11.9 Å². The van der Waals surface area contributed by atoms with E-state index in [0.717, 1.165) is 13.1 Å². The molecule has 0 aromatic carbocycles. The van der Waals surface area contributed by atoms with Crippen molar-refractivity contribution in [3.8, 4) is 0 Å². The number of allylic oxidation sites excluding steroid dienone is 3. The number of hydroxylamine groups is 2. The van der Waals surface area contributed by atoms with E-state index in [2.05, 4.69) is 0 Å².